The van der Waals surface area contributed by atoms with E-state index in [-0.39, 0.29) is 41.3 Å². The van der Waals surface area contributed by atoms with E-state index in [4.69, 9.17) is 0 Å². The molecule has 43 heavy (non-hydrogen) atoms. The molecule has 2 aliphatic rings. The molecule has 0 N–H and O–H groups in total. The SMILES string of the molecule is O=S1(=O)N=C([O-])c2ccccc21.O=S1(=O)N=C([O-])c2ccccc21.[Pd+2].c1ccc(-c2cccc(-c3ccccn3)n2)nc1. The van der Waals surface area contributed by atoms with Gasteiger partial charge in [-0.25, -0.2) is 4.98 Å². The van der Waals surface area contributed by atoms with E-state index < -0.39 is 31.8 Å². The first-order valence-corrected chi connectivity index (χ1v) is 15.1. The number of pyridine rings is 3. The average molecular weight is 704 g/mol. The van der Waals surface area contributed by atoms with Crippen LogP contribution in [0.25, 0.3) is 22.8 Å². The maximum atomic E-state index is 11.1. The van der Waals surface area contributed by atoms with Crippen LogP contribution in [-0.4, -0.2) is 43.6 Å². The molecule has 0 unspecified atom stereocenters. The van der Waals surface area contributed by atoms with Gasteiger partial charge < -0.3 is 10.2 Å². The molecule has 14 heteroatoms. The molecular weight excluding hydrogens is 685 g/mol. The van der Waals surface area contributed by atoms with Crippen molar-refractivity contribution in [3.8, 4) is 22.8 Å². The number of nitrogens with zero attached hydrogens (tertiary/aromatic N) is 5. The summed E-state index contributed by atoms with van der Waals surface area (Å²) in [5.41, 5.74) is 3.79. The van der Waals surface area contributed by atoms with Crippen molar-refractivity contribution in [3.63, 3.8) is 0 Å². The first-order valence-electron chi connectivity index (χ1n) is 12.2. The van der Waals surface area contributed by atoms with Crippen molar-refractivity contribution >= 4 is 31.8 Å². The minimum Gasteiger partial charge on any atom is -0.858 e. The van der Waals surface area contributed by atoms with Crippen molar-refractivity contribution in [3.05, 3.63) is 127 Å². The zero-order valence-corrected chi connectivity index (χ0v) is 25.0. The Balaban J connectivity index is 0.000000151. The van der Waals surface area contributed by atoms with Gasteiger partial charge in [-0.3, -0.25) is 9.97 Å². The number of benzene rings is 2. The predicted octanol–water partition coefficient (Wildman–Crippen LogP) is 2.19. The molecule has 0 bridgehead atoms. The van der Waals surface area contributed by atoms with Crippen LogP contribution in [0.1, 0.15) is 11.1 Å². The minimum absolute atomic E-state index is 0. The number of hydrogen-bond donors (Lipinski definition) is 0. The number of hydrogen-bond acceptors (Lipinski definition) is 9. The molecule has 0 amide bonds. The van der Waals surface area contributed by atoms with Crippen LogP contribution >= 0.6 is 0 Å². The Morgan fingerprint density at radius 1 is 0.465 bits per heavy atom. The Kier molecular flexibility index (Phi) is 9.57. The summed E-state index contributed by atoms with van der Waals surface area (Å²) in [7, 11) is -7.36. The summed E-state index contributed by atoms with van der Waals surface area (Å²) in [6.07, 6.45) is 3.54. The summed E-state index contributed by atoms with van der Waals surface area (Å²) in [5, 5.41) is 21.9. The average Bonchev–Trinajstić information content (AvgIpc) is 3.40. The predicted molar refractivity (Wildman–Crippen MR) is 151 cm³/mol. The van der Waals surface area contributed by atoms with Crippen LogP contribution in [0.4, 0.5) is 0 Å². The van der Waals surface area contributed by atoms with Crippen LogP contribution in [-0.2, 0) is 40.5 Å². The zero-order chi connectivity index (χ0) is 29.7. The third-order valence-electron chi connectivity index (χ3n) is 5.80. The Morgan fingerprint density at radius 3 is 1.21 bits per heavy atom. The fraction of sp³-hybridized carbons (Fsp3) is 0. The van der Waals surface area contributed by atoms with Gasteiger partial charge in [-0.05, 0) is 48.5 Å². The van der Waals surface area contributed by atoms with E-state index in [1.54, 1.807) is 36.7 Å². The first-order chi connectivity index (χ1) is 20.2. The second-order valence-corrected chi connectivity index (χ2v) is 11.7. The maximum absolute atomic E-state index is 11.1. The van der Waals surface area contributed by atoms with Gasteiger partial charge >= 0.3 is 20.4 Å². The van der Waals surface area contributed by atoms with Crippen molar-refractivity contribution in [1.82, 2.24) is 15.0 Å². The second-order valence-electron chi connectivity index (χ2n) is 8.57. The maximum Gasteiger partial charge on any atom is 2.00 e. The van der Waals surface area contributed by atoms with E-state index in [2.05, 4.69) is 23.7 Å². The van der Waals surface area contributed by atoms with Gasteiger partial charge in [0.15, 0.2) is 0 Å². The van der Waals surface area contributed by atoms with Crippen molar-refractivity contribution in [2.45, 2.75) is 9.79 Å². The Hall–Kier alpha value is -4.61. The molecule has 218 valence electrons. The summed E-state index contributed by atoms with van der Waals surface area (Å²) in [5.74, 6) is -1.35. The summed E-state index contributed by atoms with van der Waals surface area (Å²) >= 11 is 0. The van der Waals surface area contributed by atoms with Crippen LogP contribution in [0, 0.1) is 0 Å². The van der Waals surface area contributed by atoms with E-state index in [0.717, 1.165) is 22.8 Å². The van der Waals surface area contributed by atoms with Crippen molar-refractivity contribution in [1.29, 1.82) is 0 Å². The summed E-state index contributed by atoms with van der Waals surface area (Å²) in [6.45, 7) is 0. The van der Waals surface area contributed by atoms with Crippen molar-refractivity contribution in [2.75, 3.05) is 0 Å². The molecule has 5 aromatic rings. The van der Waals surface area contributed by atoms with E-state index in [1.165, 1.54) is 24.3 Å². The first kappa shape index (κ1) is 31.3. The molecule has 7 rings (SSSR count). The third-order valence-corrected chi connectivity index (χ3v) is 8.44. The monoisotopic (exact) mass is 703 g/mol. The van der Waals surface area contributed by atoms with E-state index in [1.807, 2.05) is 54.6 Å². The number of rotatable bonds is 2. The molecular formula is C29H19N5O6PdS2. The Morgan fingerprint density at radius 2 is 0.837 bits per heavy atom. The molecule has 2 aliphatic heterocycles. The van der Waals surface area contributed by atoms with Crippen LogP contribution < -0.4 is 10.2 Å². The van der Waals surface area contributed by atoms with Gasteiger partial charge in [-0.2, -0.15) is 25.6 Å². The fourth-order valence-electron chi connectivity index (χ4n) is 3.90. The molecule has 0 aliphatic carbocycles. The molecule has 0 fully saturated rings. The second kappa shape index (κ2) is 13.1. The topological polar surface area (TPSA) is 178 Å². The van der Waals surface area contributed by atoms with Crippen molar-refractivity contribution in [2.24, 2.45) is 8.80 Å². The fourth-order valence-corrected chi connectivity index (χ4v) is 6.10. The standard InChI is InChI=1S/C15H11N3.2C7H5NO3S.Pd/c1-3-10-16-12(6-1)14-8-5-9-15(18-14)13-7-2-4-11-17-13;2*9-7-5-3-1-2-4-6(5)12(10,11)8-7;/h1-11H;2*1-4H,(H,8,9);/q;;;+2/p-2. The molecule has 0 saturated heterocycles. The van der Waals surface area contributed by atoms with Gasteiger partial charge in [-0.15, -0.1) is 0 Å². The molecule has 0 saturated carbocycles. The van der Waals surface area contributed by atoms with Gasteiger partial charge in [0, 0.05) is 35.3 Å². The van der Waals surface area contributed by atoms with E-state index in [9.17, 15) is 27.0 Å². The molecule has 5 heterocycles. The summed E-state index contributed by atoms with van der Waals surface area (Å²) in [4.78, 5) is 13.2. The quantitative estimate of drug-likeness (QED) is 0.249. The van der Waals surface area contributed by atoms with Crippen LogP contribution in [0.2, 0.25) is 0 Å². The number of aromatic nitrogens is 3. The smallest absolute Gasteiger partial charge is 0.858 e. The largest absolute Gasteiger partial charge is 2.00 e. The van der Waals surface area contributed by atoms with Crippen LogP contribution in [0.3, 0.4) is 0 Å². The van der Waals surface area contributed by atoms with Crippen molar-refractivity contribution < 1.29 is 47.5 Å². The Labute approximate surface area is 261 Å². The number of fused-ring (bicyclic) bond motifs is 2. The van der Waals surface area contributed by atoms with Gasteiger partial charge in [0.2, 0.25) is 0 Å². The van der Waals surface area contributed by atoms with E-state index in [0.29, 0.717) is 0 Å². The zero-order valence-electron chi connectivity index (χ0n) is 21.8. The van der Waals surface area contributed by atoms with Gasteiger partial charge in [0.25, 0.3) is 20.0 Å². The minimum atomic E-state index is -3.68. The van der Waals surface area contributed by atoms with Gasteiger partial charge in [0.05, 0.1) is 32.6 Å². The molecule has 3 aromatic heterocycles. The summed E-state index contributed by atoms with van der Waals surface area (Å²) < 4.78 is 50.3. The molecule has 2 aromatic carbocycles. The molecule has 0 spiro atoms. The van der Waals surface area contributed by atoms with Gasteiger partial charge in [0.1, 0.15) is 0 Å². The molecule has 11 nitrogen and oxygen atoms in total. The normalized spacial score (nSPS) is 14.6. The summed E-state index contributed by atoms with van der Waals surface area (Å²) in [6, 6.07) is 29.5. The van der Waals surface area contributed by atoms with E-state index >= 15 is 0 Å². The van der Waals surface area contributed by atoms with Crippen LogP contribution in [0.5, 0.6) is 0 Å². The number of sulfonamides is 2. The molecule has 0 atom stereocenters. The molecule has 0 radical (unpaired) electrons. The van der Waals surface area contributed by atoms with Gasteiger partial charge in [-0.1, -0.05) is 54.6 Å². The van der Waals surface area contributed by atoms with Crippen LogP contribution in [0.15, 0.2) is 134 Å². The Bertz CT molecular complexity index is 1900. The third kappa shape index (κ3) is 7.07.